The highest BCUT2D eigenvalue weighted by atomic mass is 32.3. The Bertz CT molecular complexity index is 242. The van der Waals surface area contributed by atoms with Crippen molar-refractivity contribution < 1.29 is 16.8 Å². The molecule has 0 aromatic rings. The lowest BCUT2D eigenvalue weighted by atomic mass is 12.0. The molecule has 9 heavy (non-hydrogen) atoms. The van der Waals surface area contributed by atoms with Crippen molar-refractivity contribution in [1.82, 2.24) is 4.13 Å². The van der Waals surface area contributed by atoms with Crippen LogP contribution in [-0.4, -0.2) is 23.1 Å². The summed E-state index contributed by atoms with van der Waals surface area (Å²) in [6.45, 7) is 0. The number of hydrogen-bond acceptors (Lipinski definition) is 4. The molecule has 0 atom stereocenters. The van der Waals surface area contributed by atoms with Crippen molar-refractivity contribution >= 4 is 20.0 Å². The number of sulfonamides is 2. The van der Waals surface area contributed by atoms with E-state index < -0.39 is 20.0 Å². The predicted octanol–water partition coefficient (Wildman–Crippen LogP) is -1.34. The number of nitrogens with one attached hydrogen (secondary N) is 1. The van der Waals surface area contributed by atoms with Crippen molar-refractivity contribution in [2.24, 2.45) is 0 Å². The Morgan fingerprint density at radius 1 is 1.22 bits per heavy atom. The first-order valence-corrected chi connectivity index (χ1v) is 5.32. The van der Waals surface area contributed by atoms with Gasteiger partial charge in [-0.3, -0.25) is 0 Å². The van der Waals surface area contributed by atoms with Crippen LogP contribution in [-0.2, 0) is 20.0 Å². The molecule has 0 heterocycles. The Balaban J connectivity index is 4.46. The van der Waals surface area contributed by atoms with Gasteiger partial charge in [-0.2, -0.15) is 0 Å². The van der Waals surface area contributed by atoms with Gasteiger partial charge in [0.1, 0.15) is 0 Å². The van der Waals surface area contributed by atoms with Gasteiger partial charge < -0.3 is 0 Å². The van der Waals surface area contributed by atoms with E-state index in [1.807, 2.05) is 0 Å². The summed E-state index contributed by atoms with van der Waals surface area (Å²) < 4.78 is 41.6. The molecule has 0 bridgehead atoms. The minimum absolute atomic E-state index is 0.732. The van der Waals surface area contributed by atoms with Crippen LogP contribution in [0.4, 0.5) is 0 Å². The highest BCUT2D eigenvalue weighted by Crippen LogP contribution is 1.81. The highest BCUT2D eigenvalue weighted by Gasteiger charge is 2.02. The average molecular weight is 172 g/mol. The molecule has 5 nitrogen and oxygen atoms in total. The third kappa shape index (κ3) is 7.86. The second-order valence-corrected chi connectivity index (χ2v) is 4.91. The van der Waals surface area contributed by atoms with Crippen LogP contribution in [0.15, 0.2) is 0 Å². The lowest BCUT2D eigenvalue weighted by Gasteiger charge is -2.00. The molecule has 56 valence electrons. The van der Waals surface area contributed by atoms with Gasteiger partial charge in [-0.05, 0) is 0 Å². The highest BCUT2D eigenvalue weighted by molar-refractivity contribution is 8.04. The molecule has 0 aliphatic heterocycles. The van der Waals surface area contributed by atoms with Crippen LogP contribution < -0.4 is 4.13 Å². The summed E-state index contributed by atoms with van der Waals surface area (Å²) in [5.74, 6) is 0. The fourth-order valence-electron chi connectivity index (χ4n) is 0.231. The van der Waals surface area contributed by atoms with Gasteiger partial charge in [-0.1, -0.05) is 0 Å². The van der Waals surface area contributed by atoms with Crippen LogP contribution >= 0.6 is 0 Å². The molecule has 0 saturated heterocycles. The molecule has 0 spiro atoms. The maximum absolute atomic E-state index is 10.1. The SMILES string of the molecule is [CH2-]S(=O)(=O)NS(C)(=O)=O. The molecule has 0 aromatic heterocycles. The van der Waals surface area contributed by atoms with E-state index in [2.05, 4.69) is 6.26 Å². The quantitative estimate of drug-likeness (QED) is 0.522. The summed E-state index contributed by atoms with van der Waals surface area (Å²) in [5.41, 5.74) is 0. The smallest absolute Gasteiger partial charge is 0.219 e. The Labute approximate surface area is 54.2 Å². The first-order valence-electron chi connectivity index (χ1n) is 1.77. The van der Waals surface area contributed by atoms with Crippen LogP contribution in [0, 0.1) is 6.26 Å². The van der Waals surface area contributed by atoms with E-state index in [0.717, 1.165) is 6.26 Å². The molecule has 0 fully saturated rings. The molecule has 0 unspecified atom stereocenters. The summed E-state index contributed by atoms with van der Waals surface area (Å²) in [7, 11) is -7.55. The molecule has 0 rings (SSSR count). The van der Waals surface area contributed by atoms with Crippen LogP contribution in [0.1, 0.15) is 0 Å². The molecular weight excluding hydrogens is 166 g/mol. The van der Waals surface area contributed by atoms with Crippen molar-refractivity contribution in [2.75, 3.05) is 6.26 Å². The average Bonchev–Trinajstić information content (AvgIpc) is 1.14. The molecule has 0 aromatic carbocycles. The zero-order valence-corrected chi connectivity index (χ0v) is 6.29. The zero-order chi connectivity index (χ0) is 7.71. The van der Waals surface area contributed by atoms with Gasteiger partial charge >= 0.3 is 0 Å². The molecule has 0 radical (unpaired) electrons. The third-order valence-electron chi connectivity index (χ3n) is 0.278. The van der Waals surface area contributed by atoms with Gasteiger partial charge in [0, 0.05) is 0 Å². The number of rotatable bonds is 2. The van der Waals surface area contributed by atoms with Gasteiger partial charge in [0.15, 0.2) is 0 Å². The van der Waals surface area contributed by atoms with Crippen molar-refractivity contribution in [3.05, 3.63) is 6.26 Å². The Hall–Kier alpha value is -0.140. The minimum Gasteiger partial charge on any atom is -0.246 e. The monoisotopic (exact) mass is 172 g/mol. The molecule has 0 aliphatic carbocycles. The molecule has 7 heteroatoms. The van der Waals surface area contributed by atoms with Crippen LogP contribution in [0.2, 0.25) is 0 Å². The van der Waals surface area contributed by atoms with E-state index in [0.29, 0.717) is 0 Å². The summed E-state index contributed by atoms with van der Waals surface area (Å²) >= 11 is 0. The maximum atomic E-state index is 10.1. The largest absolute Gasteiger partial charge is 0.246 e. The van der Waals surface area contributed by atoms with Crippen LogP contribution in [0.5, 0.6) is 0 Å². The normalized spacial score (nSPS) is 13.6. The van der Waals surface area contributed by atoms with Gasteiger partial charge in [-0.15, -0.1) is 4.13 Å². The first kappa shape index (κ1) is 8.86. The van der Waals surface area contributed by atoms with Gasteiger partial charge in [0.25, 0.3) is 0 Å². The number of hydrogen-bond donors (Lipinski definition) is 1. The standard InChI is InChI=1S/C2H6NO4S2/c1-8(4,5)3-9(2,6)7/h3H,1H2,2H3/q-1. The van der Waals surface area contributed by atoms with Gasteiger partial charge in [0.2, 0.25) is 10.0 Å². The second kappa shape index (κ2) is 2.24. The van der Waals surface area contributed by atoms with Crippen molar-refractivity contribution in [1.29, 1.82) is 0 Å². The van der Waals surface area contributed by atoms with Crippen molar-refractivity contribution in [2.45, 2.75) is 0 Å². The Morgan fingerprint density at radius 2 is 1.56 bits per heavy atom. The van der Waals surface area contributed by atoms with Crippen LogP contribution in [0.3, 0.4) is 0 Å². The topological polar surface area (TPSA) is 80.3 Å². The van der Waals surface area contributed by atoms with E-state index in [1.54, 1.807) is 0 Å². The van der Waals surface area contributed by atoms with Crippen molar-refractivity contribution in [3.63, 3.8) is 0 Å². The van der Waals surface area contributed by atoms with E-state index in [1.165, 1.54) is 4.13 Å². The zero-order valence-electron chi connectivity index (χ0n) is 4.66. The molecule has 0 amide bonds. The lowest BCUT2D eigenvalue weighted by molar-refractivity contribution is 0.585. The molecule has 0 saturated carbocycles. The summed E-state index contributed by atoms with van der Waals surface area (Å²) in [6, 6.07) is 0. The summed E-state index contributed by atoms with van der Waals surface area (Å²) in [5, 5.41) is 0. The van der Waals surface area contributed by atoms with Gasteiger partial charge in [0.05, 0.1) is 16.3 Å². The maximum Gasteiger partial charge on any atom is 0.219 e. The first-order chi connectivity index (χ1) is 3.71. The predicted molar refractivity (Wildman–Crippen MR) is 32.3 cm³/mol. The van der Waals surface area contributed by atoms with Crippen LogP contribution in [0.25, 0.3) is 0 Å². The Morgan fingerprint density at radius 3 is 1.56 bits per heavy atom. The summed E-state index contributed by atoms with van der Waals surface area (Å²) in [4.78, 5) is 0. The fourth-order valence-corrected chi connectivity index (χ4v) is 2.08. The van der Waals surface area contributed by atoms with Gasteiger partial charge in [-0.25, -0.2) is 23.1 Å². The third-order valence-corrected chi connectivity index (χ3v) is 2.51. The van der Waals surface area contributed by atoms with E-state index in [4.69, 9.17) is 0 Å². The minimum atomic E-state index is -3.87. The molecule has 0 aliphatic rings. The molecule has 1 N–H and O–H groups in total. The molecular formula is C2H6NO4S2-. The van der Waals surface area contributed by atoms with E-state index in [-0.39, 0.29) is 0 Å². The van der Waals surface area contributed by atoms with Crippen molar-refractivity contribution in [3.8, 4) is 0 Å². The summed E-state index contributed by atoms with van der Waals surface area (Å²) in [6.07, 6.45) is 3.27. The van der Waals surface area contributed by atoms with E-state index in [9.17, 15) is 16.8 Å². The Kier molecular flexibility index (Phi) is 2.20. The lowest BCUT2D eigenvalue weighted by Crippen LogP contribution is -2.26. The second-order valence-electron chi connectivity index (χ2n) is 1.47. The fraction of sp³-hybridized carbons (Fsp3) is 0.500. The van der Waals surface area contributed by atoms with E-state index >= 15 is 0 Å².